The number of nitrogens with zero attached hydrogens (tertiary/aromatic N) is 3. The summed E-state index contributed by atoms with van der Waals surface area (Å²) in [7, 11) is 0. The lowest BCUT2D eigenvalue weighted by Gasteiger charge is -2.36. The van der Waals surface area contributed by atoms with Crippen molar-refractivity contribution in [3.63, 3.8) is 0 Å². The summed E-state index contributed by atoms with van der Waals surface area (Å²) >= 11 is 1.61. The second-order valence-corrected chi connectivity index (χ2v) is 10.0. The number of carboxylic acids is 1. The topological polar surface area (TPSA) is 74.9 Å². The average molecular weight is 464 g/mol. The molecule has 1 saturated heterocycles. The van der Waals surface area contributed by atoms with Crippen LogP contribution in [0.1, 0.15) is 56.4 Å². The molecule has 0 bridgehead atoms. The highest BCUT2D eigenvalue weighted by molar-refractivity contribution is 7.99. The average Bonchev–Trinajstić information content (AvgIpc) is 3.53. The molecule has 2 aromatic rings. The number of fused-ring (bicyclic) bond motifs is 1. The van der Waals surface area contributed by atoms with Crippen LogP contribution in [0.15, 0.2) is 22.1 Å². The van der Waals surface area contributed by atoms with Gasteiger partial charge in [0.15, 0.2) is 5.82 Å². The van der Waals surface area contributed by atoms with Crippen molar-refractivity contribution in [1.82, 2.24) is 4.57 Å². The van der Waals surface area contributed by atoms with Gasteiger partial charge in [0.25, 0.3) is 0 Å². The molecule has 1 N–H and O–H groups in total. The Labute approximate surface area is 189 Å². The first-order valence-corrected chi connectivity index (χ1v) is 12.0. The molecule has 0 spiro atoms. The van der Waals surface area contributed by atoms with Crippen molar-refractivity contribution in [3.8, 4) is 0 Å². The van der Waals surface area contributed by atoms with Crippen LogP contribution >= 0.6 is 11.8 Å². The number of rotatable bonds is 6. The Bertz CT molecular complexity index is 1170. The van der Waals surface area contributed by atoms with E-state index in [1.807, 2.05) is 33.2 Å². The molecule has 6 nitrogen and oxygen atoms in total. The van der Waals surface area contributed by atoms with Gasteiger partial charge in [0.1, 0.15) is 17.1 Å². The number of thioether (sulfide) groups is 1. The first kappa shape index (κ1) is 22.8. The quantitative estimate of drug-likeness (QED) is 0.639. The van der Waals surface area contributed by atoms with E-state index in [0.29, 0.717) is 6.54 Å². The molecule has 2 fully saturated rings. The van der Waals surface area contributed by atoms with E-state index in [4.69, 9.17) is 4.99 Å². The van der Waals surface area contributed by atoms with E-state index in [1.165, 1.54) is 10.8 Å². The summed E-state index contributed by atoms with van der Waals surface area (Å²) in [4.78, 5) is 30.7. The van der Waals surface area contributed by atoms with Gasteiger partial charge in [0.2, 0.25) is 5.43 Å². The van der Waals surface area contributed by atoms with E-state index in [9.17, 15) is 14.7 Å². The van der Waals surface area contributed by atoms with Crippen LogP contribution < -0.4 is 10.3 Å². The van der Waals surface area contributed by atoms with Gasteiger partial charge in [0, 0.05) is 24.0 Å². The second kappa shape index (κ2) is 8.17. The number of carboxylic acid groups (broad SMARTS) is 1. The molecule has 1 saturated carbocycles. The van der Waals surface area contributed by atoms with Gasteiger partial charge in [0.05, 0.1) is 22.5 Å². The monoisotopic (exact) mass is 463 g/mol. The standard InChI is InChI=1S/C23H27F2N3O3S/c1-5-8-26-21-16(32-4)11-28(23(21,2)3)19-15(24)9-13-18(17(19)25)27(12-6-7-12)10-14(20(13)29)22(30)31/h8-10,12,16,21H,5-7,11H2,1-4H3,(H,30,31)/t16-,21+/m0/s1. The van der Waals surface area contributed by atoms with E-state index < -0.39 is 34.1 Å². The summed E-state index contributed by atoms with van der Waals surface area (Å²) in [5, 5.41) is 9.22. The summed E-state index contributed by atoms with van der Waals surface area (Å²) in [6, 6.07) is 0.734. The summed E-state index contributed by atoms with van der Waals surface area (Å²) in [6.45, 7) is 6.24. The normalized spacial score (nSPS) is 22.9. The summed E-state index contributed by atoms with van der Waals surface area (Å²) in [5.74, 6) is -3.10. The van der Waals surface area contributed by atoms with Crippen molar-refractivity contribution in [3.05, 3.63) is 39.7 Å². The number of carbonyl (C=O) groups is 1. The number of hydrogen-bond donors (Lipinski definition) is 1. The molecule has 0 amide bonds. The van der Waals surface area contributed by atoms with Gasteiger partial charge in [-0.05, 0) is 51.6 Å². The van der Waals surface area contributed by atoms with Crippen LogP contribution in [0.25, 0.3) is 10.9 Å². The largest absolute Gasteiger partial charge is 0.477 e. The van der Waals surface area contributed by atoms with Crippen molar-refractivity contribution in [1.29, 1.82) is 0 Å². The number of halogens is 2. The van der Waals surface area contributed by atoms with Crippen LogP contribution in [-0.2, 0) is 0 Å². The highest BCUT2D eigenvalue weighted by Crippen LogP contribution is 2.44. The third-order valence-electron chi connectivity index (χ3n) is 6.51. The van der Waals surface area contributed by atoms with Gasteiger partial charge >= 0.3 is 5.97 Å². The molecule has 2 heterocycles. The zero-order valence-corrected chi connectivity index (χ0v) is 19.4. The summed E-state index contributed by atoms with van der Waals surface area (Å²) in [5.41, 5.74) is -2.24. The molecular formula is C23H27F2N3O3S. The number of anilines is 1. The number of pyridine rings is 1. The molecule has 172 valence electrons. The number of hydrogen-bond acceptors (Lipinski definition) is 5. The third-order valence-corrected chi connectivity index (χ3v) is 7.52. The van der Waals surface area contributed by atoms with E-state index in [2.05, 4.69) is 0 Å². The first-order chi connectivity index (χ1) is 15.1. The highest BCUT2D eigenvalue weighted by atomic mass is 32.2. The van der Waals surface area contributed by atoms with Crippen molar-refractivity contribution in [2.45, 2.75) is 62.9 Å². The van der Waals surface area contributed by atoms with E-state index >= 15 is 8.78 Å². The van der Waals surface area contributed by atoms with Crippen molar-refractivity contribution >= 4 is 40.5 Å². The molecule has 9 heteroatoms. The molecule has 0 unspecified atom stereocenters. The second-order valence-electron chi connectivity index (χ2n) is 8.96. The Morgan fingerprint density at radius 1 is 1.38 bits per heavy atom. The SMILES string of the molecule is CCC=N[C@@H]1[C@@H](SC)CN(c2c(F)cc3c(=O)c(C(=O)O)cn(C4CC4)c3c2F)C1(C)C. The Kier molecular flexibility index (Phi) is 5.81. The third kappa shape index (κ3) is 3.50. The van der Waals surface area contributed by atoms with Gasteiger partial charge in [-0.3, -0.25) is 9.79 Å². The first-order valence-electron chi connectivity index (χ1n) is 10.8. The van der Waals surface area contributed by atoms with E-state index in [-0.39, 0.29) is 33.9 Å². The molecule has 0 radical (unpaired) electrons. The van der Waals surface area contributed by atoms with Gasteiger partial charge < -0.3 is 14.6 Å². The molecule has 4 rings (SSSR count). The summed E-state index contributed by atoms with van der Waals surface area (Å²) < 4.78 is 33.0. The smallest absolute Gasteiger partial charge is 0.341 e. The lowest BCUT2D eigenvalue weighted by Crippen LogP contribution is -2.46. The van der Waals surface area contributed by atoms with Gasteiger partial charge in [-0.15, -0.1) is 0 Å². The number of benzene rings is 1. The Morgan fingerprint density at radius 2 is 2.06 bits per heavy atom. The fourth-order valence-electron chi connectivity index (χ4n) is 4.68. The Hall–Kier alpha value is -2.42. The predicted molar refractivity (Wildman–Crippen MR) is 125 cm³/mol. The number of aromatic carboxylic acids is 1. The molecule has 2 atom stereocenters. The maximum atomic E-state index is 16.1. The predicted octanol–water partition coefficient (Wildman–Crippen LogP) is 4.49. The molecule has 2 aliphatic rings. The molecule has 1 aromatic carbocycles. The molecule has 1 aliphatic heterocycles. The molecule has 32 heavy (non-hydrogen) atoms. The number of aliphatic imine (C=N–C) groups is 1. The van der Waals surface area contributed by atoms with Gasteiger partial charge in [-0.2, -0.15) is 11.8 Å². The van der Waals surface area contributed by atoms with E-state index in [1.54, 1.807) is 16.7 Å². The van der Waals surface area contributed by atoms with Crippen molar-refractivity contribution in [2.24, 2.45) is 4.99 Å². The van der Waals surface area contributed by atoms with Gasteiger partial charge in [-0.25, -0.2) is 13.6 Å². The van der Waals surface area contributed by atoms with Crippen LogP contribution in [0.4, 0.5) is 14.5 Å². The maximum absolute atomic E-state index is 16.1. The van der Waals surface area contributed by atoms with Crippen LogP contribution in [0, 0.1) is 11.6 Å². The van der Waals surface area contributed by atoms with Crippen LogP contribution in [0.2, 0.25) is 0 Å². The Balaban J connectivity index is 1.96. The van der Waals surface area contributed by atoms with Crippen molar-refractivity contribution < 1.29 is 18.7 Å². The number of aromatic nitrogens is 1. The van der Waals surface area contributed by atoms with Crippen molar-refractivity contribution in [2.75, 3.05) is 17.7 Å². The highest BCUT2D eigenvalue weighted by Gasteiger charge is 2.49. The van der Waals surface area contributed by atoms with Crippen LogP contribution in [0.3, 0.4) is 0 Å². The Morgan fingerprint density at radius 3 is 2.62 bits per heavy atom. The minimum atomic E-state index is -1.41. The minimum absolute atomic E-state index is 0.0316. The van der Waals surface area contributed by atoms with E-state index in [0.717, 1.165) is 25.3 Å². The molecular weight excluding hydrogens is 436 g/mol. The lowest BCUT2D eigenvalue weighted by molar-refractivity contribution is 0.0694. The molecule has 1 aromatic heterocycles. The zero-order chi connectivity index (χ0) is 23.4. The summed E-state index contributed by atoms with van der Waals surface area (Å²) in [6.07, 6.45) is 7.27. The zero-order valence-electron chi connectivity index (χ0n) is 18.6. The van der Waals surface area contributed by atoms with Crippen LogP contribution in [-0.4, -0.2) is 51.5 Å². The fraction of sp³-hybridized carbons (Fsp3) is 0.522. The lowest BCUT2D eigenvalue weighted by atomic mass is 9.95. The van der Waals surface area contributed by atoms with Crippen LogP contribution in [0.5, 0.6) is 0 Å². The maximum Gasteiger partial charge on any atom is 0.341 e. The van der Waals surface area contributed by atoms with Gasteiger partial charge in [-0.1, -0.05) is 6.92 Å². The fourth-order valence-corrected chi connectivity index (χ4v) is 5.64. The minimum Gasteiger partial charge on any atom is -0.477 e. The molecule has 1 aliphatic carbocycles.